The van der Waals surface area contributed by atoms with Gasteiger partial charge in [0.25, 0.3) is 0 Å². The van der Waals surface area contributed by atoms with Crippen molar-refractivity contribution in [3.8, 4) is 11.1 Å². The van der Waals surface area contributed by atoms with Gasteiger partial charge in [-0.2, -0.15) is 5.10 Å². The molecule has 1 aromatic heterocycles. The van der Waals surface area contributed by atoms with Crippen molar-refractivity contribution in [1.82, 2.24) is 9.78 Å². The lowest BCUT2D eigenvalue weighted by Crippen LogP contribution is -1.99. The third-order valence-corrected chi connectivity index (χ3v) is 3.55. The molecule has 0 unspecified atom stereocenters. The van der Waals surface area contributed by atoms with E-state index in [0.29, 0.717) is 6.04 Å². The van der Waals surface area contributed by atoms with Gasteiger partial charge in [0.2, 0.25) is 0 Å². The summed E-state index contributed by atoms with van der Waals surface area (Å²) in [5.74, 6) is 0. The topological polar surface area (TPSA) is 38.0 Å². The Morgan fingerprint density at radius 2 is 1.80 bits per heavy atom. The van der Waals surface area contributed by atoms with Crippen LogP contribution < -0.4 is 0 Å². The summed E-state index contributed by atoms with van der Waals surface area (Å²) in [6, 6.07) is 12.8. The number of rotatable bonds is 3. The third kappa shape index (κ3) is 2.32. The monoisotopic (exact) mass is 266 g/mol. The number of fused-ring (bicyclic) bond motifs is 1. The number of hydrogen-bond acceptors (Lipinski definition) is 2. The van der Waals surface area contributed by atoms with Crippen molar-refractivity contribution in [3.63, 3.8) is 0 Å². The number of aliphatic hydroxyl groups is 1. The molecule has 0 radical (unpaired) electrons. The van der Waals surface area contributed by atoms with Gasteiger partial charge in [0.15, 0.2) is 0 Å². The number of hydrogen-bond donors (Lipinski definition) is 1. The predicted molar refractivity (Wildman–Crippen MR) is 81.5 cm³/mol. The zero-order chi connectivity index (χ0) is 14.1. The Labute approximate surface area is 118 Å². The van der Waals surface area contributed by atoms with Gasteiger partial charge in [-0.25, -0.2) is 0 Å². The summed E-state index contributed by atoms with van der Waals surface area (Å²) in [7, 11) is 0. The van der Waals surface area contributed by atoms with Crippen LogP contribution in [0.1, 0.15) is 25.5 Å². The van der Waals surface area contributed by atoms with Gasteiger partial charge in [0.05, 0.1) is 12.8 Å². The maximum atomic E-state index is 9.17. The summed E-state index contributed by atoms with van der Waals surface area (Å²) >= 11 is 0. The van der Waals surface area contributed by atoms with Crippen LogP contribution in [0.5, 0.6) is 0 Å². The highest BCUT2D eigenvalue weighted by atomic mass is 16.3. The largest absolute Gasteiger partial charge is 0.392 e. The predicted octanol–water partition coefficient (Wildman–Crippen LogP) is 3.78. The molecule has 0 amide bonds. The molecule has 2 aromatic carbocycles. The van der Waals surface area contributed by atoms with E-state index in [-0.39, 0.29) is 6.61 Å². The highest BCUT2D eigenvalue weighted by Gasteiger charge is 2.05. The van der Waals surface area contributed by atoms with E-state index in [1.807, 2.05) is 23.0 Å². The van der Waals surface area contributed by atoms with E-state index in [1.165, 1.54) is 10.9 Å². The van der Waals surface area contributed by atoms with Gasteiger partial charge in [-0.15, -0.1) is 0 Å². The third-order valence-electron chi connectivity index (χ3n) is 3.55. The first-order valence-corrected chi connectivity index (χ1v) is 6.85. The lowest BCUT2D eigenvalue weighted by atomic mass is 10.0. The fourth-order valence-electron chi connectivity index (χ4n) is 2.34. The molecule has 3 nitrogen and oxygen atoms in total. The Bertz CT molecular complexity index is 744. The first kappa shape index (κ1) is 12.9. The van der Waals surface area contributed by atoms with Crippen LogP contribution in [0, 0.1) is 0 Å². The van der Waals surface area contributed by atoms with E-state index in [2.05, 4.69) is 49.4 Å². The second kappa shape index (κ2) is 5.10. The Kier molecular flexibility index (Phi) is 3.28. The van der Waals surface area contributed by atoms with Crippen LogP contribution >= 0.6 is 0 Å². The molecule has 0 saturated carbocycles. The molecular formula is C17H18N2O. The molecule has 1 heterocycles. The summed E-state index contributed by atoms with van der Waals surface area (Å²) in [6.07, 6.45) is 3.98. The van der Waals surface area contributed by atoms with Crippen molar-refractivity contribution in [3.05, 3.63) is 54.4 Å². The molecule has 0 saturated heterocycles. The summed E-state index contributed by atoms with van der Waals surface area (Å²) in [6.45, 7) is 4.32. The van der Waals surface area contributed by atoms with E-state index in [9.17, 15) is 5.11 Å². The molecule has 0 aliphatic heterocycles. The lowest BCUT2D eigenvalue weighted by molar-refractivity contribution is 0.282. The molecule has 0 atom stereocenters. The Balaban J connectivity index is 2.03. The second-order valence-corrected chi connectivity index (χ2v) is 5.36. The van der Waals surface area contributed by atoms with Crippen molar-refractivity contribution < 1.29 is 5.11 Å². The molecular weight excluding hydrogens is 248 g/mol. The van der Waals surface area contributed by atoms with Crippen LogP contribution in [0.25, 0.3) is 21.9 Å². The summed E-state index contributed by atoms with van der Waals surface area (Å²) in [5.41, 5.74) is 3.24. The van der Waals surface area contributed by atoms with Crippen molar-refractivity contribution >= 4 is 10.8 Å². The van der Waals surface area contributed by atoms with Crippen molar-refractivity contribution in [2.45, 2.75) is 26.5 Å². The fraction of sp³-hybridized carbons (Fsp3) is 0.235. The maximum Gasteiger partial charge on any atom is 0.0682 e. The molecule has 1 N–H and O–H groups in total. The van der Waals surface area contributed by atoms with Crippen LogP contribution in [-0.4, -0.2) is 14.9 Å². The highest BCUT2D eigenvalue weighted by Crippen LogP contribution is 2.25. The molecule has 20 heavy (non-hydrogen) atoms. The minimum Gasteiger partial charge on any atom is -0.392 e. The van der Waals surface area contributed by atoms with E-state index in [0.717, 1.165) is 16.5 Å². The van der Waals surface area contributed by atoms with Crippen LogP contribution in [0.3, 0.4) is 0 Å². The first-order chi connectivity index (χ1) is 9.67. The van der Waals surface area contributed by atoms with E-state index in [4.69, 9.17) is 0 Å². The SMILES string of the molecule is CC(C)n1cc(-c2ccc3cc(CO)ccc3c2)cn1. The van der Waals surface area contributed by atoms with Gasteiger partial charge in [0.1, 0.15) is 0 Å². The number of benzene rings is 2. The lowest BCUT2D eigenvalue weighted by Gasteiger charge is -2.05. The molecule has 3 rings (SSSR count). The van der Waals surface area contributed by atoms with Crippen LogP contribution in [0.15, 0.2) is 48.8 Å². The molecule has 3 aromatic rings. The molecule has 3 heteroatoms. The molecule has 102 valence electrons. The first-order valence-electron chi connectivity index (χ1n) is 6.85. The normalized spacial score (nSPS) is 11.4. The molecule has 0 aliphatic rings. The molecule has 0 bridgehead atoms. The summed E-state index contributed by atoms with van der Waals surface area (Å²) < 4.78 is 1.97. The Morgan fingerprint density at radius 1 is 1.05 bits per heavy atom. The van der Waals surface area contributed by atoms with Crippen molar-refractivity contribution in [2.75, 3.05) is 0 Å². The highest BCUT2D eigenvalue weighted by molar-refractivity contribution is 5.87. The smallest absolute Gasteiger partial charge is 0.0682 e. The molecule has 0 spiro atoms. The molecule has 0 fully saturated rings. The molecule has 0 aliphatic carbocycles. The van der Waals surface area contributed by atoms with Gasteiger partial charge < -0.3 is 5.11 Å². The quantitative estimate of drug-likeness (QED) is 0.783. The average Bonchev–Trinajstić information content (AvgIpc) is 2.96. The second-order valence-electron chi connectivity index (χ2n) is 5.36. The number of aliphatic hydroxyl groups excluding tert-OH is 1. The minimum atomic E-state index is 0.0822. The fourth-order valence-corrected chi connectivity index (χ4v) is 2.34. The number of nitrogens with zero attached hydrogens (tertiary/aromatic N) is 2. The summed E-state index contributed by atoms with van der Waals surface area (Å²) in [4.78, 5) is 0. The van der Waals surface area contributed by atoms with Crippen LogP contribution in [-0.2, 0) is 6.61 Å². The Morgan fingerprint density at radius 3 is 2.50 bits per heavy atom. The Hall–Kier alpha value is -2.13. The standard InChI is InChI=1S/C17H18N2O/c1-12(2)19-10-17(9-18-19)16-6-5-14-7-13(11-20)3-4-15(14)8-16/h3-10,12,20H,11H2,1-2H3. The van der Waals surface area contributed by atoms with Gasteiger partial charge in [-0.3, -0.25) is 4.68 Å². The maximum absolute atomic E-state index is 9.17. The van der Waals surface area contributed by atoms with E-state index >= 15 is 0 Å². The van der Waals surface area contributed by atoms with Crippen LogP contribution in [0.2, 0.25) is 0 Å². The van der Waals surface area contributed by atoms with Crippen LogP contribution in [0.4, 0.5) is 0 Å². The van der Waals surface area contributed by atoms with E-state index in [1.54, 1.807) is 0 Å². The van der Waals surface area contributed by atoms with Gasteiger partial charge in [-0.1, -0.05) is 24.3 Å². The number of aromatic nitrogens is 2. The zero-order valence-electron chi connectivity index (χ0n) is 11.7. The van der Waals surface area contributed by atoms with E-state index < -0.39 is 0 Å². The van der Waals surface area contributed by atoms with Gasteiger partial charge in [0, 0.05) is 17.8 Å². The van der Waals surface area contributed by atoms with Crippen molar-refractivity contribution in [2.24, 2.45) is 0 Å². The minimum absolute atomic E-state index is 0.0822. The summed E-state index contributed by atoms with van der Waals surface area (Å²) in [5, 5.41) is 15.9. The van der Waals surface area contributed by atoms with Gasteiger partial charge in [-0.05, 0) is 47.9 Å². The van der Waals surface area contributed by atoms with Gasteiger partial charge >= 0.3 is 0 Å². The van der Waals surface area contributed by atoms with Crippen molar-refractivity contribution in [1.29, 1.82) is 0 Å². The average molecular weight is 266 g/mol. The zero-order valence-corrected chi connectivity index (χ0v) is 11.7.